The van der Waals surface area contributed by atoms with Crippen molar-refractivity contribution in [3.63, 3.8) is 0 Å². The van der Waals surface area contributed by atoms with E-state index in [1.165, 1.54) is 11.1 Å². The quantitative estimate of drug-likeness (QED) is 0.912. The molecule has 1 aromatic carbocycles. The molecule has 19 heavy (non-hydrogen) atoms. The SMILES string of the molecule is Cc1cc(C)cc(N(C)c2ccc(C(C)O)cn2)c1. The monoisotopic (exact) mass is 256 g/mol. The molecule has 0 aliphatic rings. The van der Waals surface area contributed by atoms with E-state index < -0.39 is 6.10 Å². The predicted octanol–water partition coefficient (Wildman–Crippen LogP) is 3.52. The number of aliphatic hydroxyl groups excluding tert-OH is 1. The first-order valence-electron chi connectivity index (χ1n) is 6.43. The Morgan fingerprint density at radius 2 is 1.74 bits per heavy atom. The number of aromatic nitrogens is 1. The molecule has 3 nitrogen and oxygen atoms in total. The smallest absolute Gasteiger partial charge is 0.132 e. The van der Waals surface area contributed by atoms with Crippen LogP contribution >= 0.6 is 0 Å². The lowest BCUT2D eigenvalue weighted by Gasteiger charge is -2.20. The van der Waals surface area contributed by atoms with Gasteiger partial charge >= 0.3 is 0 Å². The van der Waals surface area contributed by atoms with E-state index in [2.05, 4.69) is 37.0 Å². The first-order chi connectivity index (χ1) is 8.97. The van der Waals surface area contributed by atoms with Crippen molar-refractivity contribution < 1.29 is 5.11 Å². The van der Waals surface area contributed by atoms with Gasteiger partial charge in [0.15, 0.2) is 0 Å². The molecule has 1 aromatic heterocycles. The van der Waals surface area contributed by atoms with Gasteiger partial charge in [0.1, 0.15) is 5.82 Å². The Kier molecular flexibility index (Phi) is 3.86. The Labute approximate surface area is 114 Å². The fraction of sp³-hybridized carbons (Fsp3) is 0.312. The zero-order chi connectivity index (χ0) is 14.0. The van der Waals surface area contributed by atoms with Gasteiger partial charge in [-0.15, -0.1) is 0 Å². The Morgan fingerprint density at radius 3 is 2.21 bits per heavy atom. The molecular formula is C16H20N2O. The molecule has 100 valence electrons. The third kappa shape index (κ3) is 3.12. The molecule has 2 aromatic rings. The van der Waals surface area contributed by atoms with Crippen molar-refractivity contribution in [1.29, 1.82) is 0 Å². The van der Waals surface area contributed by atoms with Gasteiger partial charge in [-0.2, -0.15) is 0 Å². The van der Waals surface area contributed by atoms with E-state index >= 15 is 0 Å². The molecule has 1 heterocycles. The van der Waals surface area contributed by atoms with Gasteiger partial charge in [-0.25, -0.2) is 4.98 Å². The number of hydrogen-bond acceptors (Lipinski definition) is 3. The molecule has 0 amide bonds. The van der Waals surface area contributed by atoms with E-state index in [0.29, 0.717) is 0 Å². The number of pyridine rings is 1. The second kappa shape index (κ2) is 5.41. The van der Waals surface area contributed by atoms with Crippen molar-refractivity contribution >= 4 is 11.5 Å². The van der Waals surface area contributed by atoms with Crippen LogP contribution in [0.15, 0.2) is 36.5 Å². The summed E-state index contributed by atoms with van der Waals surface area (Å²) in [5.74, 6) is 0.870. The number of hydrogen-bond donors (Lipinski definition) is 1. The molecule has 0 aliphatic carbocycles. The predicted molar refractivity (Wildman–Crippen MR) is 78.8 cm³/mol. The fourth-order valence-corrected chi connectivity index (χ4v) is 2.12. The minimum Gasteiger partial charge on any atom is -0.389 e. The van der Waals surface area contributed by atoms with Crippen LogP contribution in [0.5, 0.6) is 0 Å². The zero-order valence-electron chi connectivity index (χ0n) is 11.9. The summed E-state index contributed by atoms with van der Waals surface area (Å²) in [6.45, 7) is 5.92. The summed E-state index contributed by atoms with van der Waals surface area (Å²) in [5, 5.41) is 9.49. The Morgan fingerprint density at radius 1 is 1.11 bits per heavy atom. The van der Waals surface area contributed by atoms with Crippen molar-refractivity contribution in [3.05, 3.63) is 53.2 Å². The lowest BCUT2D eigenvalue weighted by molar-refractivity contribution is 0.199. The van der Waals surface area contributed by atoms with Crippen LogP contribution < -0.4 is 4.90 Å². The molecule has 1 atom stereocenters. The van der Waals surface area contributed by atoms with E-state index in [1.54, 1.807) is 13.1 Å². The van der Waals surface area contributed by atoms with Crippen LogP contribution in [0.2, 0.25) is 0 Å². The maximum Gasteiger partial charge on any atom is 0.132 e. The minimum absolute atomic E-state index is 0.479. The molecule has 1 N–H and O–H groups in total. The Balaban J connectivity index is 2.30. The molecule has 0 spiro atoms. The van der Waals surface area contributed by atoms with Gasteiger partial charge in [0.2, 0.25) is 0 Å². The third-order valence-corrected chi connectivity index (χ3v) is 3.19. The van der Waals surface area contributed by atoms with Gasteiger partial charge in [0.05, 0.1) is 6.10 Å². The van der Waals surface area contributed by atoms with Gasteiger partial charge < -0.3 is 10.0 Å². The molecule has 0 bridgehead atoms. The molecule has 3 heteroatoms. The average molecular weight is 256 g/mol. The molecule has 0 fully saturated rings. The van der Waals surface area contributed by atoms with Gasteiger partial charge in [0.25, 0.3) is 0 Å². The minimum atomic E-state index is -0.479. The molecule has 0 saturated heterocycles. The van der Waals surface area contributed by atoms with Crippen molar-refractivity contribution in [2.45, 2.75) is 26.9 Å². The first kappa shape index (κ1) is 13.6. The summed E-state index contributed by atoms with van der Waals surface area (Å²) in [6, 6.07) is 10.3. The van der Waals surface area contributed by atoms with Crippen LogP contribution in [0.1, 0.15) is 29.7 Å². The number of nitrogens with zero attached hydrogens (tertiary/aromatic N) is 2. The Bertz CT molecular complexity index is 541. The van der Waals surface area contributed by atoms with Gasteiger partial charge in [-0.3, -0.25) is 0 Å². The largest absolute Gasteiger partial charge is 0.389 e. The highest BCUT2D eigenvalue weighted by Gasteiger charge is 2.07. The van der Waals surface area contributed by atoms with Crippen LogP contribution in [0.3, 0.4) is 0 Å². The average Bonchev–Trinajstić information content (AvgIpc) is 2.37. The standard InChI is InChI=1S/C16H20N2O/c1-11-7-12(2)9-15(8-11)18(4)16-6-5-14(10-17-16)13(3)19/h5-10,13,19H,1-4H3. The third-order valence-electron chi connectivity index (χ3n) is 3.19. The first-order valence-corrected chi connectivity index (χ1v) is 6.43. The molecule has 1 unspecified atom stereocenters. The molecule has 0 radical (unpaired) electrons. The lowest BCUT2D eigenvalue weighted by Crippen LogP contribution is -2.11. The summed E-state index contributed by atoms with van der Waals surface area (Å²) in [5.41, 5.74) is 4.43. The van der Waals surface area contributed by atoms with E-state index in [-0.39, 0.29) is 0 Å². The van der Waals surface area contributed by atoms with E-state index in [0.717, 1.165) is 17.1 Å². The number of benzene rings is 1. The summed E-state index contributed by atoms with van der Waals surface area (Å²) in [7, 11) is 2.00. The Hall–Kier alpha value is -1.87. The summed E-state index contributed by atoms with van der Waals surface area (Å²) < 4.78 is 0. The normalized spacial score (nSPS) is 12.3. The van der Waals surface area contributed by atoms with Crippen molar-refractivity contribution in [2.75, 3.05) is 11.9 Å². The number of anilines is 2. The van der Waals surface area contributed by atoms with Crippen molar-refractivity contribution in [3.8, 4) is 0 Å². The van der Waals surface area contributed by atoms with Crippen LogP contribution in [-0.4, -0.2) is 17.1 Å². The second-order valence-electron chi connectivity index (χ2n) is 5.03. The van der Waals surface area contributed by atoms with Crippen LogP contribution in [-0.2, 0) is 0 Å². The van der Waals surface area contributed by atoms with Gasteiger partial charge in [-0.05, 0) is 55.7 Å². The van der Waals surface area contributed by atoms with Gasteiger partial charge in [-0.1, -0.05) is 12.1 Å². The summed E-state index contributed by atoms with van der Waals surface area (Å²) >= 11 is 0. The van der Waals surface area contributed by atoms with Gasteiger partial charge in [0, 0.05) is 18.9 Å². The van der Waals surface area contributed by atoms with E-state index in [9.17, 15) is 5.11 Å². The number of rotatable bonds is 3. The molecule has 0 aliphatic heterocycles. The molecular weight excluding hydrogens is 236 g/mol. The van der Waals surface area contributed by atoms with Crippen molar-refractivity contribution in [2.24, 2.45) is 0 Å². The highest BCUT2D eigenvalue weighted by atomic mass is 16.3. The maximum absolute atomic E-state index is 9.49. The maximum atomic E-state index is 9.49. The number of aryl methyl sites for hydroxylation is 2. The highest BCUT2D eigenvalue weighted by Crippen LogP contribution is 2.24. The summed E-state index contributed by atoms with van der Waals surface area (Å²) in [4.78, 5) is 6.45. The van der Waals surface area contributed by atoms with E-state index in [1.807, 2.05) is 24.1 Å². The summed E-state index contributed by atoms with van der Waals surface area (Å²) in [6.07, 6.45) is 1.24. The highest BCUT2D eigenvalue weighted by molar-refractivity contribution is 5.61. The second-order valence-corrected chi connectivity index (χ2v) is 5.03. The molecule has 0 saturated carbocycles. The van der Waals surface area contributed by atoms with E-state index in [4.69, 9.17) is 0 Å². The van der Waals surface area contributed by atoms with Crippen LogP contribution in [0, 0.1) is 13.8 Å². The fourth-order valence-electron chi connectivity index (χ4n) is 2.12. The molecule has 2 rings (SSSR count). The topological polar surface area (TPSA) is 36.4 Å². The zero-order valence-corrected chi connectivity index (χ0v) is 11.9. The van der Waals surface area contributed by atoms with Crippen molar-refractivity contribution in [1.82, 2.24) is 4.98 Å². The van der Waals surface area contributed by atoms with Crippen LogP contribution in [0.4, 0.5) is 11.5 Å². The van der Waals surface area contributed by atoms with Crippen LogP contribution in [0.25, 0.3) is 0 Å². The number of aliphatic hydroxyl groups is 1. The lowest BCUT2D eigenvalue weighted by atomic mass is 10.1.